The Morgan fingerprint density at radius 3 is 2.00 bits per heavy atom. The number of nitrogens with zero attached hydrogens (tertiary/aromatic N) is 1. The molecule has 0 unspecified atom stereocenters. The van der Waals surface area contributed by atoms with E-state index in [1.165, 1.54) is 11.1 Å². The average Bonchev–Trinajstić information content (AvgIpc) is 2.32. The Bertz CT molecular complexity index is 444. The van der Waals surface area contributed by atoms with E-state index in [4.69, 9.17) is 5.84 Å². The van der Waals surface area contributed by atoms with E-state index in [0.29, 0.717) is 0 Å². The molecule has 74 valence electrons. The van der Waals surface area contributed by atoms with E-state index in [2.05, 4.69) is 29.4 Å². The minimum atomic E-state index is 1.01. The zero-order valence-corrected chi connectivity index (χ0v) is 8.30. The van der Waals surface area contributed by atoms with Gasteiger partial charge in [0.05, 0.1) is 6.21 Å². The lowest BCUT2D eigenvalue weighted by atomic mass is 10.0. The zero-order valence-electron chi connectivity index (χ0n) is 8.30. The van der Waals surface area contributed by atoms with E-state index in [9.17, 15) is 0 Å². The van der Waals surface area contributed by atoms with Gasteiger partial charge in [0.25, 0.3) is 0 Å². The minimum Gasteiger partial charge on any atom is -0.323 e. The first-order chi connectivity index (χ1) is 7.40. The van der Waals surface area contributed by atoms with E-state index in [1.807, 2.05) is 30.3 Å². The van der Waals surface area contributed by atoms with Crippen molar-refractivity contribution >= 4 is 6.21 Å². The molecule has 2 aromatic carbocycles. The highest BCUT2D eigenvalue weighted by Crippen LogP contribution is 2.18. The molecule has 0 saturated heterocycles. The number of hydrazone groups is 1. The lowest BCUT2D eigenvalue weighted by Crippen LogP contribution is -1.86. The summed E-state index contributed by atoms with van der Waals surface area (Å²) in [6.07, 6.45) is 1.63. The SMILES string of the molecule is N/N=C\c1ccc(-c2ccccc2)cc1. The summed E-state index contributed by atoms with van der Waals surface area (Å²) in [7, 11) is 0. The van der Waals surface area contributed by atoms with Gasteiger partial charge in [0, 0.05) is 0 Å². The third-order valence-corrected chi connectivity index (χ3v) is 2.24. The Balaban J connectivity index is 2.32. The molecule has 0 aliphatic rings. The molecule has 15 heavy (non-hydrogen) atoms. The molecule has 0 amide bonds. The van der Waals surface area contributed by atoms with Gasteiger partial charge in [-0.1, -0.05) is 54.6 Å². The first-order valence-electron chi connectivity index (χ1n) is 4.79. The minimum absolute atomic E-state index is 1.01. The van der Waals surface area contributed by atoms with Crippen molar-refractivity contribution in [2.75, 3.05) is 0 Å². The molecule has 0 saturated carbocycles. The van der Waals surface area contributed by atoms with Crippen molar-refractivity contribution in [3.63, 3.8) is 0 Å². The van der Waals surface area contributed by atoms with E-state index < -0.39 is 0 Å². The average molecular weight is 196 g/mol. The summed E-state index contributed by atoms with van der Waals surface area (Å²) in [5.74, 6) is 5.08. The molecule has 0 fully saturated rings. The van der Waals surface area contributed by atoms with Crippen LogP contribution in [0.25, 0.3) is 11.1 Å². The summed E-state index contributed by atoms with van der Waals surface area (Å²) < 4.78 is 0. The number of hydrogen-bond acceptors (Lipinski definition) is 2. The molecular formula is C13H12N2. The highest BCUT2D eigenvalue weighted by Gasteiger charge is 1.95. The molecule has 2 nitrogen and oxygen atoms in total. The topological polar surface area (TPSA) is 38.4 Å². The molecule has 2 N–H and O–H groups in total. The third-order valence-electron chi connectivity index (χ3n) is 2.24. The smallest absolute Gasteiger partial charge is 0.0538 e. The van der Waals surface area contributed by atoms with Crippen molar-refractivity contribution in [3.8, 4) is 11.1 Å². The van der Waals surface area contributed by atoms with Crippen molar-refractivity contribution in [2.24, 2.45) is 10.9 Å². The molecule has 0 aliphatic carbocycles. The first-order valence-corrected chi connectivity index (χ1v) is 4.79. The second-order valence-electron chi connectivity index (χ2n) is 3.27. The number of rotatable bonds is 2. The molecule has 2 aromatic rings. The molecule has 2 heteroatoms. The quantitative estimate of drug-likeness (QED) is 0.447. The van der Waals surface area contributed by atoms with Crippen LogP contribution in [0.2, 0.25) is 0 Å². The molecule has 0 radical (unpaired) electrons. The van der Waals surface area contributed by atoms with Crippen LogP contribution in [-0.2, 0) is 0 Å². The molecule has 0 spiro atoms. The maximum Gasteiger partial charge on any atom is 0.0538 e. The predicted octanol–water partition coefficient (Wildman–Crippen LogP) is 2.65. The molecule has 0 bridgehead atoms. The van der Waals surface area contributed by atoms with Gasteiger partial charge in [-0.05, 0) is 16.7 Å². The van der Waals surface area contributed by atoms with Gasteiger partial charge < -0.3 is 5.84 Å². The van der Waals surface area contributed by atoms with Gasteiger partial charge in [-0.3, -0.25) is 0 Å². The fourth-order valence-corrected chi connectivity index (χ4v) is 1.48. The van der Waals surface area contributed by atoms with Crippen LogP contribution in [-0.4, -0.2) is 6.21 Å². The summed E-state index contributed by atoms with van der Waals surface area (Å²) in [6.45, 7) is 0. The Hall–Kier alpha value is -2.09. The van der Waals surface area contributed by atoms with Crippen LogP contribution in [0.4, 0.5) is 0 Å². The van der Waals surface area contributed by atoms with Crippen LogP contribution in [0, 0.1) is 0 Å². The number of benzene rings is 2. The molecular weight excluding hydrogens is 184 g/mol. The van der Waals surface area contributed by atoms with Gasteiger partial charge in [-0.25, -0.2) is 0 Å². The lowest BCUT2D eigenvalue weighted by Gasteiger charge is -2.01. The standard InChI is InChI=1S/C13H12N2/c14-15-10-11-6-8-13(9-7-11)12-4-2-1-3-5-12/h1-10H,14H2/b15-10-. The van der Waals surface area contributed by atoms with Crippen molar-refractivity contribution < 1.29 is 0 Å². The normalized spacial score (nSPS) is 10.7. The van der Waals surface area contributed by atoms with E-state index in [-0.39, 0.29) is 0 Å². The summed E-state index contributed by atoms with van der Waals surface area (Å²) in [5, 5.41) is 3.48. The van der Waals surface area contributed by atoms with Gasteiger partial charge in [0.15, 0.2) is 0 Å². The summed E-state index contributed by atoms with van der Waals surface area (Å²) in [5.41, 5.74) is 3.43. The molecule has 0 heterocycles. The maximum atomic E-state index is 5.08. The van der Waals surface area contributed by atoms with Gasteiger partial charge in [0.2, 0.25) is 0 Å². The molecule has 2 rings (SSSR count). The van der Waals surface area contributed by atoms with Crippen LogP contribution in [0.5, 0.6) is 0 Å². The Labute approximate surface area is 89.1 Å². The second-order valence-corrected chi connectivity index (χ2v) is 3.27. The monoisotopic (exact) mass is 196 g/mol. The molecule has 0 atom stereocenters. The first kappa shape index (κ1) is 9.46. The maximum absolute atomic E-state index is 5.08. The van der Waals surface area contributed by atoms with Gasteiger partial charge in [-0.2, -0.15) is 5.10 Å². The highest BCUT2D eigenvalue weighted by atomic mass is 15.1. The van der Waals surface area contributed by atoms with Gasteiger partial charge in [0.1, 0.15) is 0 Å². The van der Waals surface area contributed by atoms with Crippen LogP contribution in [0.1, 0.15) is 5.56 Å². The zero-order chi connectivity index (χ0) is 10.5. The largest absolute Gasteiger partial charge is 0.323 e. The van der Waals surface area contributed by atoms with Gasteiger partial charge >= 0.3 is 0 Å². The van der Waals surface area contributed by atoms with Crippen LogP contribution >= 0.6 is 0 Å². The van der Waals surface area contributed by atoms with Crippen molar-refractivity contribution in [1.29, 1.82) is 0 Å². The Morgan fingerprint density at radius 2 is 1.40 bits per heavy atom. The van der Waals surface area contributed by atoms with E-state index in [1.54, 1.807) is 6.21 Å². The highest BCUT2D eigenvalue weighted by molar-refractivity contribution is 5.80. The van der Waals surface area contributed by atoms with Crippen LogP contribution in [0.15, 0.2) is 59.7 Å². The third kappa shape index (κ3) is 2.23. The predicted molar refractivity (Wildman–Crippen MR) is 63.7 cm³/mol. The summed E-state index contributed by atoms with van der Waals surface area (Å²) in [4.78, 5) is 0. The van der Waals surface area contributed by atoms with Crippen molar-refractivity contribution in [3.05, 3.63) is 60.2 Å². The van der Waals surface area contributed by atoms with Crippen molar-refractivity contribution in [1.82, 2.24) is 0 Å². The van der Waals surface area contributed by atoms with Gasteiger partial charge in [-0.15, -0.1) is 0 Å². The van der Waals surface area contributed by atoms with Crippen molar-refractivity contribution in [2.45, 2.75) is 0 Å². The molecule has 0 aromatic heterocycles. The Morgan fingerprint density at radius 1 is 0.800 bits per heavy atom. The number of nitrogens with two attached hydrogens (primary N) is 1. The van der Waals surface area contributed by atoms with Crippen LogP contribution in [0.3, 0.4) is 0 Å². The second kappa shape index (κ2) is 4.42. The molecule has 0 aliphatic heterocycles. The Kier molecular flexibility index (Phi) is 2.79. The fraction of sp³-hybridized carbons (Fsp3) is 0. The summed E-state index contributed by atoms with van der Waals surface area (Å²) >= 11 is 0. The fourth-order valence-electron chi connectivity index (χ4n) is 1.48. The van der Waals surface area contributed by atoms with E-state index >= 15 is 0 Å². The lowest BCUT2D eigenvalue weighted by molar-refractivity contribution is 1.26. The van der Waals surface area contributed by atoms with Crippen LogP contribution < -0.4 is 5.84 Å². The van der Waals surface area contributed by atoms with E-state index in [0.717, 1.165) is 5.56 Å². The summed E-state index contributed by atoms with van der Waals surface area (Å²) in [6, 6.07) is 18.4. The number of hydrogen-bond donors (Lipinski definition) is 1.